The van der Waals surface area contributed by atoms with E-state index in [9.17, 15) is 20.1 Å². The molecule has 0 aliphatic heterocycles. The van der Waals surface area contributed by atoms with Gasteiger partial charge < -0.3 is 19.9 Å². The summed E-state index contributed by atoms with van der Waals surface area (Å²) in [5, 5.41) is 30.6. The fraction of sp³-hybridized carbons (Fsp3) is 0.192. The zero-order chi connectivity index (χ0) is 22.4. The van der Waals surface area contributed by atoms with E-state index >= 15 is 0 Å². The Balaban J connectivity index is 1.66. The van der Waals surface area contributed by atoms with E-state index in [0.717, 1.165) is 27.6 Å². The summed E-state index contributed by atoms with van der Waals surface area (Å²) in [6.07, 6.45) is 3.48. The topological polar surface area (TPSA) is 82.7 Å². The lowest BCUT2D eigenvalue weighted by Crippen LogP contribution is -2.11. The van der Waals surface area contributed by atoms with E-state index in [1.54, 1.807) is 24.3 Å². The Labute approximate surface area is 190 Å². The van der Waals surface area contributed by atoms with E-state index in [-0.39, 0.29) is 29.4 Å². The Morgan fingerprint density at radius 3 is 2.09 bits per heavy atom. The van der Waals surface area contributed by atoms with Crippen molar-refractivity contribution in [2.24, 2.45) is 11.8 Å². The number of fused-ring (bicyclic) bond motifs is 1. The van der Waals surface area contributed by atoms with Crippen LogP contribution in [-0.4, -0.2) is 25.9 Å². The number of aliphatic carboxylic acids is 1. The Morgan fingerprint density at radius 1 is 0.969 bits per heavy atom. The molecule has 4 aromatic rings. The second-order valence-electron chi connectivity index (χ2n) is 8.45. The van der Waals surface area contributed by atoms with E-state index in [4.69, 9.17) is 11.6 Å². The number of hydrogen-bond donors (Lipinski definition) is 3. The van der Waals surface area contributed by atoms with Gasteiger partial charge in [-0.3, -0.25) is 4.79 Å². The fourth-order valence-electron chi connectivity index (χ4n) is 4.56. The number of hydrogen-bond acceptors (Lipinski definition) is 3. The predicted molar refractivity (Wildman–Crippen MR) is 123 cm³/mol. The minimum atomic E-state index is -0.729. The number of carboxylic acid groups (broad SMARTS) is 1. The molecule has 1 fully saturated rings. The molecule has 5 rings (SSSR count). The van der Waals surface area contributed by atoms with Crippen LogP contribution in [0.5, 0.6) is 11.5 Å². The van der Waals surface area contributed by atoms with Gasteiger partial charge in [-0.05, 0) is 71.8 Å². The highest BCUT2D eigenvalue weighted by atomic mass is 35.5. The molecule has 1 saturated carbocycles. The number of aromatic nitrogens is 1. The standard InChI is InChI=1S/C26H22ClNO4/c27-19-5-10-22-18(11-17-12-23(17)26(31)32)14-28(24(22)13-19)25(15-1-6-20(29)7-2-15)16-3-8-21(30)9-4-16/h1-10,13-14,17,23,25,29-30H,11-12H2,(H,31,32). The van der Waals surface area contributed by atoms with Gasteiger partial charge in [0.2, 0.25) is 0 Å². The molecular weight excluding hydrogens is 426 g/mol. The summed E-state index contributed by atoms with van der Waals surface area (Å²) in [7, 11) is 0. The minimum Gasteiger partial charge on any atom is -0.508 e. The van der Waals surface area contributed by atoms with E-state index in [1.807, 2.05) is 42.5 Å². The summed E-state index contributed by atoms with van der Waals surface area (Å²) in [4.78, 5) is 11.3. The second kappa shape index (κ2) is 7.92. The molecule has 162 valence electrons. The third kappa shape index (κ3) is 3.80. The number of halogens is 1. The number of phenols is 2. The summed E-state index contributed by atoms with van der Waals surface area (Å²) < 4.78 is 2.15. The van der Waals surface area contributed by atoms with E-state index in [1.165, 1.54) is 0 Å². The van der Waals surface area contributed by atoms with Crippen LogP contribution in [0.25, 0.3) is 10.9 Å². The normalized spacial score (nSPS) is 17.7. The minimum absolute atomic E-state index is 0.142. The van der Waals surface area contributed by atoms with E-state index in [2.05, 4.69) is 10.8 Å². The lowest BCUT2D eigenvalue weighted by molar-refractivity contribution is -0.138. The maximum atomic E-state index is 11.3. The molecule has 2 atom stereocenters. The van der Waals surface area contributed by atoms with Gasteiger partial charge in [0.25, 0.3) is 0 Å². The lowest BCUT2D eigenvalue weighted by Gasteiger charge is -2.22. The Bertz CT molecular complexity index is 1250. The predicted octanol–water partition coefficient (Wildman–Crippen LogP) is 5.61. The maximum Gasteiger partial charge on any atom is 0.306 e. The number of benzene rings is 3. The number of aromatic hydroxyl groups is 2. The van der Waals surface area contributed by atoms with Crippen molar-refractivity contribution in [2.75, 3.05) is 0 Å². The first-order valence-electron chi connectivity index (χ1n) is 10.5. The SMILES string of the molecule is O=C(O)C1CC1Cc1cn(C(c2ccc(O)cc2)c2ccc(O)cc2)c2cc(Cl)ccc12. The largest absolute Gasteiger partial charge is 0.508 e. The highest BCUT2D eigenvalue weighted by Crippen LogP contribution is 2.43. The van der Waals surface area contributed by atoms with Crippen LogP contribution in [0.4, 0.5) is 0 Å². The first-order valence-corrected chi connectivity index (χ1v) is 10.9. The van der Waals surface area contributed by atoms with Crippen molar-refractivity contribution >= 4 is 28.5 Å². The molecule has 0 saturated heterocycles. The average Bonchev–Trinajstić information content (AvgIpc) is 3.47. The molecular formula is C26H22ClNO4. The molecule has 2 unspecified atom stereocenters. The number of nitrogens with zero attached hydrogens (tertiary/aromatic N) is 1. The quantitative estimate of drug-likeness (QED) is 0.359. The van der Waals surface area contributed by atoms with Crippen molar-refractivity contribution in [1.82, 2.24) is 4.57 Å². The lowest BCUT2D eigenvalue weighted by atomic mass is 9.98. The van der Waals surface area contributed by atoms with Gasteiger partial charge in [-0.1, -0.05) is 41.9 Å². The molecule has 0 amide bonds. The summed E-state index contributed by atoms with van der Waals surface area (Å²) >= 11 is 6.36. The van der Waals surface area contributed by atoms with Crippen LogP contribution in [0.1, 0.15) is 29.2 Å². The molecule has 32 heavy (non-hydrogen) atoms. The van der Waals surface area contributed by atoms with Crippen molar-refractivity contribution in [3.63, 3.8) is 0 Å². The van der Waals surface area contributed by atoms with Crippen molar-refractivity contribution in [2.45, 2.75) is 18.9 Å². The molecule has 0 radical (unpaired) electrons. The van der Waals surface area contributed by atoms with Crippen LogP contribution in [-0.2, 0) is 11.2 Å². The monoisotopic (exact) mass is 447 g/mol. The van der Waals surface area contributed by atoms with Gasteiger partial charge in [0.15, 0.2) is 0 Å². The molecule has 6 heteroatoms. The summed E-state index contributed by atoms with van der Waals surface area (Å²) in [6, 6.07) is 19.7. The van der Waals surface area contributed by atoms with Gasteiger partial charge >= 0.3 is 5.97 Å². The third-order valence-electron chi connectivity index (χ3n) is 6.30. The highest BCUT2D eigenvalue weighted by molar-refractivity contribution is 6.31. The number of rotatable bonds is 6. The van der Waals surface area contributed by atoms with Crippen LogP contribution in [0.2, 0.25) is 5.02 Å². The van der Waals surface area contributed by atoms with Gasteiger partial charge in [-0.2, -0.15) is 0 Å². The third-order valence-corrected chi connectivity index (χ3v) is 6.53. The Morgan fingerprint density at radius 2 is 1.56 bits per heavy atom. The van der Waals surface area contributed by atoms with Crippen LogP contribution in [0.3, 0.4) is 0 Å². The smallest absolute Gasteiger partial charge is 0.306 e. The molecule has 1 aromatic heterocycles. The molecule has 1 heterocycles. The maximum absolute atomic E-state index is 11.3. The summed E-state index contributed by atoms with van der Waals surface area (Å²) in [6.45, 7) is 0. The number of carbonyl (C=O) groups is 1. The van der Waals surface area contributed by atoms with Gasteiger partial charge in [-0.15, -0.1) is 0 Å². The second-order valence-corrected chi connectivity index (χ2v) is 8.89. The first kappa shape index (κ1) is 20.5. The van der Waals surface area contributed by atoms with Crippen molar-refractivity contribution in [1.29, 1.82) is 0 Å². The molecule has 1 aliphatic carbocycles. The zero-order valence-electron chi connectivity index (χ0n) is 17.1. The average molecular weight is 448 g/mol. The molecule has 1 aliphatic rings. The Hall–Kier alpha value is -3.44. The van der Waals surface area contributed by atoms with Crippen LogP contribution < -0.4 is 0 Å². The molecule has 0 spiro atoms. The summed E-state index contributed by atoms with van der Waals surface area (Å²) in [5.74, 6) is -0.484. The molecule has 0 bridgehead atoms. The van der Waals surface area contributed by atoms with Crippen molar-refractivity contribution in [3.05, 3.63) is 94.6 Å². The highest BCUT2D eigenvalue weighted by Gasteiger charge is 2.43. The molecule has 3 N–H and O–H groups in total. The van der Waals surface area contributed by atoms with Gasteiger partial charge in [-0.25, -0.2) is 0 Å². The van der Waals surface area contributed by atoms with E-state index < -0.39 is 5.97 Å². The van der Waals surface area contributed by atoms with Crippen LogP contribution >= 0.6 is 11.6 Å². The van der Waals surface area contributed by atoms with Crippen molar-refractivity contribution in [3.8, 4) is 11.5 Å². The van der Waals surface area contributed by atoms with Crippen LogP contribution in [0.15, 0.2) is 72.9 Å². The van der Waals surface area contributed by atoms with Crippen LogP contribution in [0, 0.1) is 11.8 Å². The van der Waals surface area contributed by atoms with Gasteiger partial charge in [0, 0.05) is 16.6 Å². The number of phenolic OH excluding ortho intramolecular Hbond substituents is 2. The summed E-state index contributed by atoms with van der Waals surface area (Å²) in [5.41, 5.74) is 3.97. The Kier molecular flexibility index (Phi) is 5.06. The van der Waals surface area contributed by atoms with Crippen molar-refractivity contribution < 1.29 is 20.1 Å². The molecule has 5 nitrogen and oxygen atoms in total. The van der Waals surface area contributed by atoms with E-state index in [0.29, 0.717) is 17.9 Å². The molecule has 3 aromatic carbocycles. The first-order chi connectivity index (χ1) is 15.4. The number of carboxylic acids is 1. The zero-order valence-corrected chi connectivity index (χ0v) is 17.9. The fourth-order valence-corrected chi connectivity index (χ4v) is 4.72. The van der Waals surface area contributed by atoms with Gasteiger partial charge in [0.1, 0.15) is 11.5 Å². The van der Waals surface area contributed by atoms with Gasteiger partial charge in [0.05, 0.1) is 17.5 Å².